The average Bonchev–Trinajstić information content (AvgIpc) is 2.52. The van der Waals surface area contributed by atoms with Gasteiger partial charge in [-0.25, -0.2) is 0 Å². The van der Waals surface area contributed by atoms with Crippen LogP contribution >= 0.6 is 0 Å². The topological polar surface area (TPSA) is 29.5 Å². The Morgan fingerprint density at radius 2 is 2.00 bits per heavy atom. The van der Waals surface area contributed by atoms with Crippen molar-refractivity contribution in [3.8, 4) is 5.75 Å². The van der Waals surface area contributed by atoms with Crippen LogP contribution in [0.15, 0.2) is 42.5 Å². The number of piperidine rings is 1. The number of carbonyl (C=O) groups is 1. The molecule has 1 aliphatic rings. The van der Waals surface area contributed by atoms with E-state index in [0.717, 1.165) is 37.2 Å². The molecular formula is C17H21NO2. The zero-order chi connectivity index (χ0) is 14.2. The smallest absolute Gasteiger partial charge is 0.246 e. The molecule has 0 aliphatic carbocycles. The third-order valence-electron chi connectivity index (χ3n) is 3.40. The van der Waals surface area contributed by atoms with Crippen LogP contribution in [-0.4, -0.2) is 31.0 Å². The number of allylic oxidation sites excluding steroid dienone is 2. The number of amides is 1. The normalized spacial score (nSPS) is 15.9. The zero-order valence-electron chi connectivity index (χ0n) is 11.9. The van der Waals surface area contributed by atoms with Crippen molar-refractivity contribution in [2.24, 2.45) is 0 Å². The lowest BCUT2D eigenvalue weighted by Crippen LogP contribution is -2.34. The van der Waals surface area contributed by atoms with Crippen LogP contribution in [0.25, 0.3) is 6.08 Å². The molecule has 0 saturated carbocycles. The summed E-state index contributed by atoms with van der Waals surface area (Å²) < 4.78 is 5.17. The van der Waals surface area contributed by atoms with Gasteiger partial charge in [-0.05, 0) is 37.0 Å². The number of ether oxygens (including phenoxy) is 1. The molecule has 106 valence electrons. The van der Waals surface area contributed by atoms with E-state index < -0.39 is 0 Å². The number of likely N-dealkylation sites (tertiary alicyclic amines) is 1. The van der Waals surface area contributed by atoms with Crippen LogP contribution in [0.1, 0.15) is 24.8 Å². The van der Waals surface area contributed by atoms with Crippen molar-refractivity contribution in [3.05, 3.63) is 48.1 Å². The maximum Gasteiger partial charge on any atom is 0.246 e. The Morgan fingerprint density at radius 1 is 1.20 bits per heavy atom. The van der Waals surface area contributed by atoms with Crippen LogP contribution in [0.4, 0.5) is 0 Å². The molecule has 0 radical (unpaired) electrons. The fraction of sp³-hybridized carbons (Fsp3) is 0.353. The molecule has 1 saturated heterocycles. The second-order valence-corrected chi connectivity index (χ2v) is 4.88. The van der Waals surface area contributed by atoms with Crippen LogP contribution in [0.5, 0.6) is 5.75 Å². The fourth-order valence-electron chi connectivity index (χ4n) is 2.27. The zero-order valence-corrected chi connectivity index (χ0v) is 11.9. The first-order valence-corrected chi connectivity index (χ1v) is 7.07. The largest absolute Gasteiger partial charge is 0.497 e. The lowest BCUT2D eigenvalue weighted by molar-refractivity contribution is -0.126. The summed E-state index contributed by atoms with van der Waals surface area (Å²) in [6.07, 6.45) is 10.8. The van der Waals surface area contributed by atoms with E-state index in [0.29, 0.717) is 0 Å². The van der Waals surface area contributed by atoms with Crippen LogP contribution in [0, 0.1) is 0 Å². The molecule has 0 bridgehead atoms. The Balaban J connectivity index is 1.88. The molecule has 0 unspecified atom stereocenters. The predicted octanol–water partition coefficient (Wildman–Crippen LogP) is 3.28. The van der Waals surface area contributed by atoms with Crippen molar-refractivity contribution in [2.75, 3.05) is 20.2 Å². The molecule has 1 amide bonds. The summed E-state index contributed by atoms with van der Waals surface area (Å²) >= 11 is 0. The first kappa shape index (κ1) is 14.4. The molecule has 1 heterocycles. The van der Waals surface area contributed by atoms with Gasteiger partial charge in [-0.1, -0.05) is 30.4 Å². The van der Waals surface area contributed by atoms with Crippen molar-refractivity contribution in [3.63, 3.8) is 0 Å². The number of rotatable bonds is 4. The quantitative estimate of drug-likeness (QED) is 0.621. The third-order valence-corrected chi connectivity index (χ3v) is 3.40. The molecule has 3 heteroatoms. The monoisotopic (exact) mass is 271 g/mol. The van der Waals surface area contributed by atoms with E-state index in [1.54, 1.807) is 19.3 Å². The van der Waals surface area contributed by atoms with Gasteiger partial charge in [-0.15, -0.1) is 0 Å². The second-order valence-electron chi connectivity index (χ2n) is 4.88. The molecular weight excluding hydrogens is 250 g/mol. The van der Waals surface area contributed by atoms with Crippen molar-refractivity contribution in [1.29, 1.82) is 0 Å². The third kappa shape index (κ3) is 4.26. The molecule has 0 N–H and O–H groups in total. The molecule has 0 atom stereocenters. The molecule has 2 rings (SSSR count). The van der Waals surface area contributed by atoms with Gasteiger partial charge in [0.1, 0.15) is 5.75 Å². The molecule has 0 aromatic heterocycles. The molecule has 3 nitrogen and oxygen atoms in total. The Labute approximate surface area is 120 Å². The van der Waals surface area contributed by atoms with Gasteiger partial charge in [0.15, 0.2) is 0 Å². The lowest BCUT2D eigenvalue weighted by Gasteiger charge is -2.25. The van der Waals surface area contributed by atoms with E-state index in [9.17, 15) is 4.79 Å². The van der Waals surface area contributed by atoms with Gasteiger partial charge < -0.3 is 9.64 Å². The highest BCUT2D eigenvalue weighted by atomic mass is 16.5. The maximum atomic E-state index is 11.9. The SMILES string of the molecule is COc1cccc(/C=C/C=C/C(=O)N2CCCCC2)c1. The van der Waals surface area contributed by atoms with Gasteiger partial charge in [0.25, 0.3) is 0 Å². The molecule has 1 aliphatic heterocycles. The number of hydrogen-bond acceptors (Lipinski definition) is 2. The summed E-state index contributed by atoms with van der Waals surface area (Å²) in [6.45, 7) is 1.78. The van der Waals surface area contributed by atoms with Crippen molar-refractivity contribution < 1.29 is 9.53 Å². The number of carbonyl (C=O) groups excluding carboxylic acids is 1. The van der Waals surface area contributed by atoms with E-state index in [1.165, 1.54) is 6.42 Å². The Bertz CT molecular complexity index is 499. The summed E-state index contributed by atoms with van der Waals surface area (Å²) in [5.41, 5.74) is 1.06. The highest BCUT2D eigenvalue weighted by molar-refractivity contribution is 5.88. The number of hydrogen-bond donors (Lipinski definition) is 0. The van der Waals surface area contributed by atoms with Crippen LogP contribution in [0.3, 0.4) is 0 Å². The van der Waals surface area contributed by atoms with Crippen molar-refractivity contribution in [1.82, 2.24) is 4.90 Å². The summed E-state index contributed by atoms with van der Waals surface area (Å²) in [6, 6.07) is 7.81. The minimum Gasteiger partial charge on any atom is -0.497 e. The molecule has 1 aromatic carbocycles. The van der Waals surface area contributed by atoms with Crippen molar-refractivity contribution in [2.45, 2.75) is 19.3 Å². The minimum absolute atomic E-state index is 0.111. The fourth-order valence-corrected chi connectivity index (χ4v) is 2.27. The second kappa shape index (κ2) is 7.53. The summed E-state index contributed by atoms with van der Waals surface area (Å²) in [5, 5.41) is 0. The Hall–Kier alpha value is -2.03. The summed E-state index contributed by atoms with van der Waals surface area (Å²) in [4.78, 5) is 13.8. The average molecular weight is 271 g/mol. The highest BCUT2D eigenvalue weighted by Gasteiger charge is 2.13. The van der Waals surface area contributed by atoms with Crippen LogP contribution in [0.2, 0.25) is 0 Å². The molecule has 1 aromatic rings. The first-order chi connectivity index (χ1) is 9.79. The van der Waals surface area contributed by atoms with Gasteiger partial charge in [-0.2, -0.15) is 0 Å². The highest BCUT2D eigenvalue weighted by Crippen LogP contribution is 2.13. The summed E-state index contributed by atoms with van der Waals surface area (Å²) in [5.74, 6) is 0.945. The van der Waals surface area contributed by atoms with E-state index in [1.807, 2.05) is 41.3 Å². The van der Waals surface area contributed by atoms with E-state index in [4.69, 9.17) is 4.74 Å². The van der Waals surface area contributed by atoms with Gasteiger partial charge in [0.05, 0.1) is 7.11 Å². The molecule has 1 fully saturated rings. The van der Waals surface area contributed by atoms with E-state index in [-0.39, 0.29) is 5.91 Å². The van der Waals surface area contributed by atoms with Gasteiger partial charge in [0.2, 0.25) is 5.91 Å². The maximum absolute atomic E-state index is 11.9. The summed E-state index contributed by atoms with van der Waals surface area (Å²) in [7, 11) is 1.65. The number of benzene rings is 1. The van der Waals surface area contributed by atoms with E-state index in [2.05, 4.69) is 0 Å². The van der Waals surface area contributed by atoms with Gasteiger partial charge >= 0.3 is 0 Å². The number of nitrogens with zero attached hydrogens (tertiary/aromatic N) is 1. The Kier molecular flexibility index (Phi) is 5.42. The standard InChI is InChI=1S/C17H21NO2/c1-20-16-10-7-9-15(14-16)8-3-4-11-17(19)18-12-5-2-6-13-18/h3-4,7-11,14H,2,5-6,12-13H2,1H3/b8-3+,11-4+. The van der Waals surface area contributed by atoms with Crippen LogP contribution in [-0.2, 0) is 4.79 Å². The van der Waals surface area contributed by atoms with Crippen molar-refractivity contribution >= 4 is 12.0 Å². The van der Waals surface area contributed by atoms with Gasteiger partial charge in [-0.3, -0.25) is 4.79 Å². The predicted molar refractivity (Wildman–Crippen MR) is 81.6 cm³/mol. The first-order valence-electron chi connectivity index (χ1n) is 7.07. The molecule has 0 spiro atoms. The van der Waals surface area contributed by atoms with E-state index >= 15 is 0 Å². The van der Waals surface area contributed by atoms with Crippen LogP contribution < -0.4 is 4.74 Å². The van der Waals surface area contributed by atoms with Gasteiger partial charge in [0, 0.05) is 19.2 Å². The lowest BCUT2D eigenvalue weighted by atomic mass is 10.1. The number of methoxy groups -OCH3 is 1. The molecule has 20 heavy (non-hydrogen) atoms. The Morgan fingerprint density at radius 3 is 2.75 bits per heavy atom. The minimum atomic E-state index is 0.111.